The molecule has 0 fully saturated rings. The van der Waals surface area contributed by atoms with Gasteiger partial charge in [-0.15, -0.1) is 0 Å². The minimum absolute atomic E-state index is 0.559. The average molecular weight is 200 g/mol. The van der Waals surface area contributed by atoms with Gasteiger partial charge in [-0.05, 0) is 36.1 Å². The first-order valence-corrected chi connectivity index (χ1v) is 5.29. The summed E-state index contributed by atoms with van der Waals surface area (Å²) in [6.07, 6.45) is 1.85. The highest BCUT2D eigenvalue weighted by Crippen LogP contribution is 2.25. The fourth-order valence-corrected chi connectivity index (χ4v) is 1.84. The van der Waals surface area contributed by atoms with Crippen LogP contribution in [0.5, 0.6) is 0 Å². The molecule has 0 aliphatic rings. The molecule has 1 aromatic heterocycles. The van der Waals surface area contributed by atoms with Crippen LogP contribution >= 0.6 is 0 Å². The Morgan fingerprint density at radius 2 is 2.00 bits per heavy atom. The van der Waals surface area contributed by atoms with Crippen molar-refractivity contribution in [2.45, 2.75) is 26.7 Å². The van der Waals surface area contributed by atoms with Gasteiger partial charge in [-0.2, -0.15) is 5.10 Å². The van der Waals surface area contributed by atoms with Gasteiger partial charge in [0.1, 0.15) is 0 Å². The lowest BCUT2D eigenvalue weighted by molar-refractivity contribution is 0.857. The zero-order valence-electron chi connectivity index (χ0n) is 9.41. The van der Waals surface area contributed by atoms with E-state index in [-0.39, 0.29) is 0 Å². The van der Waals surface area contributed by atoms with E-state index >= 15 is 0 Å². The summed E-state index contributed by atoms with van der Waals surface area (Å²) >= 11 is 0. The van der Waals surface area contributed by atoms with E-state index in [0.29, 0.717) is 5.92 Å². The molecule has 2 heteroatoms. The quantitative estimate of drug-likeness (QED) is 0.789. The van der Waals surface area contributed by atoms with Crippen LogP contribution in [-0.2, 0) is 0 Å². The van der Waals surface area contributed by atoms with Gasteiger partial charge in [-0.1, -0.05) is 26.0 Å². The number of aromatic nitrogens is 2. The smallest absolute Gasteiger partial charge is 0.0920 e. The Balaban J connectivity index is 2.48. The van der Waals surface area contributed by atoms with E-state index in [1.165, 1.54) is 16.7 Å². The maximum Gasteiger partial charge on any atom is 0.0920 e. The lowest BCUT2D eigenvalue weighted by Crippen LogP contribution is -1.92. The topological polar surface area (TPSA) is 28.7 Å². The van der Waals surface area contributed by atoms with Gasteiger partial charge in [-0.3, -0.25) is 5.10 Å². The molecule has 0 bridgehead atoms. The normalized spacial score (nSPS) is 10.9. The number of nitrogens with zero attached hydrogens (tertiary/aromatic N) is 1. The molecule has 2 rings (SSSR count). The van der Waals surface area contributed by atoms with Crippen LogP contribution in [0.2, 0.25) is 0 Å². The van der Waals surface area contributed by atoms with Crippen LogP contribution in [0.25, 0.3) is 11.3 Å². The lowest BCUT2D eigenvalue weighted by Gasteiger charge is -2.10. The van der Waals surface area contributed by atoms with Crippen molar-refractivity contribution >= 4 is 0 Å². The summed E-state index contributed by atoms with van der Waals surface area (Å²) in [7, 11) is 0. The molecule has 15 heavy (non-hydrogen) atoms. The second-order valence-corrected chi connectivity index (χ2v) is 4.19. The van der Waals surface area contributed by atoms with Crippen LogP contribution in [0.1, 0.15) is 30.9 Å². The molecule has 0 saturated carbocycles. The van der Waals surface area contributed by atoms with Crippen LogP contribution < -0.4 is 0 Å². The number of benzene rings is 1. The molecular formula is C13H16N2. The lowest BCUT2D eigenvalue weighted by atomic mass is 9.95. The van der Waals surface area contributed by atoms with E-state index in [0.717, 1.165) is 5.69 Å². The number of nitrogens with one attached hydrogen (secondary N) is 1. The highest BCUT2D eigenvalue weighted by Gasteiger charge is 2.06. The van der Waals surface area contributed by atoms with Gasteiger partial charge in [0, 0.05) is 11.8 Å². The van der Waals surface area contributed by atoms with Crippen LogP contribution in [0.4, 0.5) is 0 Å². The number of H-pyrrole nitrogens is 1. The highest BCUT2D eigenvalue weighted by molar-refractivity contribution is 5.60. The largest absolute Gasteiger partial charge is 0.285 e. The molecule has 1 heterocycles. The molecule has 0 saturated heterocycles. The summed E-state index contributed by atoms with van der Waals surface area (Å²) in [5.74, 6) is 0.559. The molecule has 2 aromatic rings. The first-order chi connectivity index (χ1) is 7.18. The molecule has 78 valence electrons. The van der Waals surface area contributed by atoms with E-state index in [1.54, 1.807) is 0 Å². The molecule has 1 aromatic carbocycles. The minimum atomic E-state index is 0.559. The van der Waals surface area contributed by atoms with Crippen molar-refractivity contribution in [3.05, 3.63) is 41.6 Å². The van der Waals surface area contributed by atoms with Crippen molar-refractivity contribution in [1.29, 1.82) is 0 Å². The van der Waals surface area contributed by atoms with Gasteiger partial charge in [0.15, 0.2) is 0 Å². The Morgan fingerprint density at radius 1 is 1.20 bits per heavy atom. The molecule has 0 atom stereocenters. The van der Waals surface area contributed by atoms with E-state index in [1.807, 2.05) is 12.3 Å². The first-order valence-electron chi connectivity index (χ1n) is 5.29. The molecule has 0 unspecified atom stereocenters. The fraction of sp³-hybridized carbons (Fsp3) is 0.308. The molecule has 0 aliphatic heterocycles. The number of aromatic amines is 1. The SMILES string of the molecule is Cc1ccc(-c2cc[nH]n2)cc1C(C)C. The summed E-state index contributed by atoms with van der Waals surface area (Å²) in [6, 6.07) is 8.52. The van der Waals surface area contributed by atoms with Gasteiger partial charge in [-0.25, -0.2) is 0 Å². The van der Waals surface area contributed by atoms with E-state index < -0.39 is 0 Å². The number of hydrogen-bond donors (Lipinski definition) is 1. The van der Waals surface area contributed by atoms with Gasteiger partial charge >= 0.3 is 0 Å². The van der Waals surface area contributed by atoms with Gasteiger partial charge in [0.05, 0.1) is 5.69 Å². The Labute approximate surface area is 90.3 Å². The second kappa shape index (κ2) is 3.89. The highest BCUT2D eigenvalue weighted by atomic mass is 15.1. The molecule has 0 aliphatic carbocycles. The third-order valence-corrected chi connectivity index (χ3v) is 2.70. The first kappa shape index (κ1) is 9.97. The predicted molar refractivity (Wildman–Crippen MR) is 62.8 cm³/mol. The van der Waals surface area contributed by atoms with Crippen molar-refractivity contribution in [1.82, 2.24) is 10.2 Å². The Hall–Kier alpha value is -1.57. The Kier molecular flexibility index (Phi) is 2.58. The Bertz CT molecular complexity index is 442. The molecule has 2 nitrogen and oxygen atoms in total. The van der Waals surface area contributed by atoms with Crippen molar-refractivity contribution in [2.24, 2.45) is 0 Å². The maximum absolute atomic E-state index is 4.19. The molecule has 0 spiro atoms. The fourth-order valence-electron chi connectivity index (χ4n) is 1.84. The van der Waals surface area contributed by atoms with Crippen molar-refractivity contribution in [2.75, 3.05) is 0 Å². The van der Waals surface area contributed by atoms with Crippen molar-refractivity contribution in [3.63, 3.8) is 0 Å². The van der Waals surface area contributed by atoms with Crippen molar-refractivity contribution < 1.29 is 0 Å². The summed E-state index contributed by atoms with van der Waals surface area (Å²) in [4.78, 5) is 0. The monoisotopic (exact) mass is 200 g/mol. The van der Waals surface area contributed by atoms with E-state index in [4.69, 9.17) is 0 Å². The number of rotatable bonds is 2. The van der Waals surface area contributed by atoms with E-state index in [9.17, 15) is 0 Å². The summed E-state index contributed by atoms with van der Waals surface area (Å²) in [5.41, 5.74) is 4.95. The summed E-state index contributed by atoms with van der Waals surface area (Å²) in [5, 5.41) is 7.03. The second-order valence-electron chi connectivity index (χ2n) is 4.19. The molecular weight excluding hydrogens is 184 g/mol. The number of hydrogen-bond acceptors (Lipinski definition) is 1. The zero-order valence-corrected chi connectivity index (χ0v) is 9.41. The van der Waals surface area contributed by atoms with Gasteiger partial charge < -0.3 is 0 Å². The van der Waals surface area contributed by atoms with Gasteiger partial charge in [0.2, 0.25) is 0 Å². The maximum atomic E-state index is 4.19. The molecule has 0 radical (unpaired) electrons. The van der Waals surface area contributed by atoms with Gasteiger partial charge in [0.25, 0.3) is 0 Å². The van der Waals surface area contributed by atoms with Crippen LogP contribution in [0.15, 0.2) is 30.5 Å². The van der Waals surface area contributed by atoms with Crippen LogP contribution in [-0.4, -0.2) is 10.2 Å². The predicted octanol–water partition coefficient (Wildman–Crippen LogP) is 3.51. The molecule has 0 amide bonds. The third kappa shape index (κ3) is 1.94. The molecule has 1 N–H and O–H groups in total. The van der Waals surface area contributed by atoms with Crippen molar-refractivity contribution in [3.8, 4) is 11.3 Å². The average Bonchev–Trinajstić information content (AvgIpc) is 2.71. The Morgan fingerprint density at radius 3 is 2.60 bits per heavy atom. The van der Waals surface area contributed by atoms with E-state index in [2.05, 4.69) is 49.2 Å². The van der Waals surface area contributed by atoms with Crippen LogP contribution in [0, 0.1) is 6.92 Å². The standard InChI is InChI=1S/C13H16N2/c1-9(2)12-8-11(5-4-10(12)3)13-6-7-14-15-13/h4-9H,1-3H3,(H,14,15). The zero-order chi connectivity index (χ0) is 10.8. The number of aryl methyl sites for hydroxylation is 1. The third-order valence-electron chi connectivity index (χ3n) is 2.70. The minimum Gasteiger partial charge on any atom is -0.285 e. The van der Waals surface area contributed by atoms with Crippen LogP contribution in [0.3, 0.4) is 0 Å². The summed E-state index contributed by atoms with van der Waals surface area (Å²) in [6.45, 7) is 6.59. The summed E-state index contributed by atoms with van der Waals surface area (Å²) < 4.78 is 0.